The lowest BCUT2D eigenvalue weighted by molar-refractivity contribution is -0.121. The number of unbranched alkanes of at least 4 members (excludes halogenated alkanes) is 13. The lowest BCUT2D eigenvalue weighted by Crippen LogP contribution is -2.27. The molecular formula is C30H57NO4. The minimum Gasteiger partial charge on any atom is -0.434 e. The normalized spacial score (nSPS) is 12.1. The summed E-state index contributed by atoms with van der Waals surface area (Å²) in [6.45, 7) is 7.60. The summed E-state index contributed by atoms with van der Waals surface area (Å²) in [4.78, 5) is 24.4. The van der Waals surface area contributed by atoms with Gasteiger partial charge in [-0.1, -0.05) is 116 Å². The molecule has 0 aromatic heterocycles. The van der Waals surface area contributed by atoms with E-state index in [1.165, 1.54) is 77.0 Å². The summed E-state index contributed by atoms with van der Waals surface area (Å²) < 4.78 is 10.8. The standard InChI is InChI=1S/C30H57NO4/c1-4-7-10-13-14-15-16-17-19-21-26-31-29(32)25-24-28(23-20-18-11-8-5-2)35-30(33)34-27-22-12-9-6-3/h9,12,28H,4-8,10-11,13-27H2,1-3H3,(H,31,32)/b12-9+. The van der Waals surface area contributed by atoms with Crippen molar-refractivity contribution in [3.63, 3.8) is 0 Å². The number of ether oxygens (including phenoxy) is 2. The molecule has 35 heavy (non-hydrogen) atoms. The number of rotatable bonds is 25. The van der Waals surface area contributed by atoms with Crippen LogP contribution in [0.15, 0.2) is 12.2 Å². The third-order valence-electron chi connectivity index (χ3n) is 6.35. The Kier molecular flexibility index (Phi) is 25.9. The van der Waals surface area contributed by atoms with Crippen LogP contribution in [0, 0.1) is 0 Å². The SMILES string of the molecule is CC/C=C/CCOC(=O)OC(CCCCCCC)CCC(=O)NCCCCCCCCCCCC. The van der Waals surface area contributed by atoms with Gasteiger partial charge in [0.05, 0.1) is 6.61 Å². The summed E-state index contributed by atoms with van der Waals surface area (Å²) in [6.07, 6.45) is 25.3. The van der Waals surface area contributed by atoms with E-state index in [1.807, 2.05) is 6.08 Å². The van der Waals surface area contributed by atoms with Crippen LogP contribution >= 0.6 is 0 Å². The van der Waals surface area contributed by atoms with E-state index in [9.17, 15) is 9.59 Å². The molecule has 0 aliphatic rings. The van der Waals surface area contributed by atoms with Crippen molar-refractivity contribution >= 4 is 12.1 Å². The Morgan fingerprint density at radius 1 is 0.714 bits per heavy atom. The van der Waals surface area contributed by atoms with E-state index in [1.54, 1.807) is 0 Å². The molecule has 0 radical (unpaired) electrons. The lowest BCUT2D eigenvalue weighted by atomic mass is 10.0. The molecule has 1 amide bonds. The third kappa shape index (κ3) is 25.4. The second-order valence-electron chi connectivity index (χ2n) is 9.78. The van der Waals surface area contributed by atoms with Crippen LogP contribution in [0.3, 0.4) is 0 Å². The van der Waals surface area contributed by atoms with Gasteiger partial charge >= 0.3 is 6.16 Å². The smallest absolute Gasteiger partial charge is 0.434 e. The molecule has 0 aliphatic heterocycles. The second kappa shape index (κ2) is 27.1. The minimum absolute atomic E-state index is 0.0542. The molecule has 0 rings (SSSR count). The number of hydrogen-bond donors (Lipinski definition) is 1. The third-order valence-corrected chi connectivity index (χ3v) is 6.35. The molecule has 0 heterocycles. The average Bonchev–Trinajstić information content (AvgIpc) is 2.85. The molecule has 0 saturated carbocycles. The van der Waals surface area contributed by atoms with Crippen LogP contribution in [0.25, 0.3) is 0 Å². The summed E-state index contributed by atoms with van der Waals surface area (Å²) in [7, 11) is 0. The van der Waals surface area contributed by atoms with Crippen LogP contribution in [0.5, 0.6) is 0 Å². The molecule has 0 saturated heterocycles. The Morgan fingerprint density at radius 3 is 1.89 bits per heavy atom. The number of carbonyl (C=O) groups excluding carboxylic acids is 2. The fourth-order valence-electron chi connectivity index (χ4n) is 4.12. The van der Waals surface area contributed by atoms with Gasteiger partial charge in [-0.3, -0.25) is 4.79 Å². The lowest BCUT2D eigenvalue weighted by Gasteiger charge is -2.17. The van der Waals surface area contributed by atoms with Gasteiger partial charge in [0.15, 0.2) is 0 Å². The van der Waals surface area contributed by atoms with E-state index >= 15 is 0 Å². The van der Waals surface area contributed by atoms with Crippen molar-refractivity contribution in [1.29, 1.82) is 0 Å². The van der Waals surface area contributed by atoms with Crippen molar-refractivity contribution in [1.82, 2.24) is 5.32 Å². The van der Waals surface area contributed by atoms with Crippen molar-refractivity contribution in [3.05, 3.63) is 12.2 Å². The highest BCUT2D eigenvalue weighted by Gasteiger charge is 2.17. The van der Waals surface area contributed by atoms with Gasteiger partial charge in [0, 0.05) is 13.0 Å². The highest BCUT2D eigenvalue weighted by molar-refractivity contribution is 5.75. The first kappa shape index (κ1) is 33.5. The highest BCUT2D eigenvalue weighted by Crippen LogP contribution is 2.15. The molecule has 5 nitrogen and oxygen atoms in total. The fourth-order valence-corrected chi connectivity index (χ4v) is 4.12. The predicted octanol–water partition coefficient (Wildman–Crippen LogP) is 9.04. The van der Waals surface area contributed by atoms with Gasteiger partial charge in [0.2, 0.25) is 5.91 Å². The zero-order chi connectivity index (χ0) is 25.8. The first-order chi connectivity index (χ1) is 17.1. The zero-order valence-electron chi connectivity index (χ0n) is 23.4. The molecule has 0 bridgehead atoms. The molecule has 5 heteroatoms. The van der Waals surface area contributed by atoms with Crippen LogP contribution in [0.1, 0.15) is 149 Å². The number of carbonyl (C=O) groups is 2. The molecule has 0 fully saturated rings. The zero-order valence-corrected chi connectivity index (χ0v) is 23.4. The van der Waals surface area contributed by atoms with Crippen molar-refractivity contribution < 1.29 is 19.1 Å². The Labute approximate surface area is 217 Å². The van der Waals surface area contributed by atoms with Crippen molar-refractivity contribution in [2.45, 2.75) is 155 Å². The van der Waals surface area contributed by atoms with Crippen molar-refractivity contribution in [3.8, 4) is 0 Å². The minimum atomic E-state index is -0.612. The maximum absolute atomic E-state index is 12.3. The predicted molar refractivity (Wildman–Crippen MR) is 148 cm³/mol. The maximum Gasteiger partial charge on any atom is 0.508 e. The van der Waals surface area contributed by atoms with Crippen molar-refractivity contribution in [2.75, 3.05) is 13.2 Å². The fraction of sp³-hybridized carbons (Fsp3) is 0.867. The Bertz CT molecular complexity index is 507. The summed E-state index contributed by atoms with van der Waals surface area (Å²) in [6, 6.07) is 0. The Balaban J connectivity index is 4.03. The molecular weight excluding hydrogens is 438 g/mol. The van der Waals surface area contributed by atoms with E-state index in [4.69, 9.17) is 9.47 Å². The van der Waals surface area contributed by atoms with E-state index in [2.05, 4.69) is 32.2 Å². The summed E-state index contributed by atoms with van der Waals surface area (Å²) in [5.41, 5.74) is 0. The number of allylic oxidation sites excluding steroid dienone is 1. The molecule has 1 unspecified atom stereocenters. The van der Waals surface area contributed by atoms with E-state index in [0.29, 0.717) is 25.9 Å². The van der Waals surface area contributed by atoms with Crippen LogP contribution in [0.2, 0.25) is 0 Å². The van der Waals surface area contributed by atoms with Gasteiger partial charge in [-0.2, -0.15) is 0 Å². The van der Waals surface area contributed by atoms with Gasteiger partial charge in [-0.25, -0.2) is 4.79 Å². The topological polar surface area (TPSA) is 64.6 Å². The van der Waals surface area contributed by atoms with Gasteiger partial charge in [0.1, 0.15) is 6.10 Å². The molecule has 0 aromatic carbocycles. The molecule has 1 atom stereocenters. The molecule has 0 spiro atoms. The molecule has 0 aromatic rings. The Hall–Kier alpha value is -1.52. The second-order valence-corrected chi connectivity index (χ2v) is 9.78. The number of amides is 1. The van der Waals surface area contributed by atoms with Gasteiger partial charge in [-0.05, 0) is 38.5 Å². The molecule has 0 aliphatic carbocycles. The van der Waals surface area contributed by atoms with E-state index in [0.717, 1.165) is 38.6 Å². The Morgan fingerprint density at radius 2 is 1.29 bits per heavy atom. The first-order valence-electron chi connectivity index (χ1n) is 14.9. The molecule has 1 N–H and O–H groups in total. The van der Waals surface area contributed by atoms with Crippen LogP contribution < -0.4 is 5.32 Å². The summed E-state index contributed by atoms with van der Waals surface area (Å²) in [5, 5.41) is 3.04. The van der Waals surface area contributed by atoms with E-state index < -0.39 is 6.16 Å². The maximum atomic E-state index is 12.3. The van der Waals surface area contributed by atoms with Gasteiger partial charge in [-0.15, -0.1) is 0 Å². The molecule has 206 valence electrons. The van der Waals surface area contributed by atoms with Crippen molar-refractivity contribution in [2.24, 2.45) is 0 Å². The van der Waals surface area contributed by atoms with Gasteiger partial charge < -0.3 is 14.8 Å². The highest BCUT2D eigenvalue weighted by atomic mass is 16.7. The largest absolute Gasteiger partial charge is 0.508 e. The van der Waals surface area contributed by atoms with Crippen LogP contribution in [-0.2, 0) is 14.3 Å². The average molecular weight is 496 g/mol. The van der Waals surface area contributed by atoms with Crippen LogP contribution in [0.4, 0.5) is 4.79 Å². The van der Waals surface area contributed by atoms with Crippen LogP contribution in [-0.4, -0.2) is 31.3 Å². The number of nitrogens with one attached hydrogen (secondary N) is 1. The summed E-state index contributed by atoms with van der Waals surface area (Å²) >= 11 is 0. The van der Waals surface area contributed by atoms with Gasteiger partial charge in [0.25, 0.3) is 0 Å². The quantitative estimate of drug-likeness (QED) is 0.0779. The first-order valence-corrected chi connectivity index (χ1v) is 14.9. The summed E-state index contributed by atoms with van der Waals surface area (Å²) in [5.74, 6) is 0.0542. The monoisotopic (exact) mass is 495 g/mol. The van der Waals surface area contributed by atoms with E-state index in [-0.39, 0.29) is 12.0 Å². The number of hydrogen-bond acceptors (Lipinski definition) is 4.